The molecule has 0 aromatic rings. The molecule has 12 heavy (non-hydrogen) atoms. The molecule has 0 rings (SSSR count). The van der Waals surface area contributed by atoms with Crippen LogP contribution in [0.25, 0.3) is 0 Å². The van der Waals surface area contributed by atoms with E-state index in [-0.39, 0.29) is 5.54 Å². The van der Waals surface area contributed by atoms with E-state index < -0.39 is 0 Å². The summed E-state index contributed by atoms with van der Waals surface area (Å²) < 4.78 is 0. The lowest BCUT2D eigenvalue weighted by atomic mass is 9.94. The lowest BCUT2D eigenvalue weighted by molar-refractivity contribution is 0.408. The first-order valence-electron chi connectivity index (χ1n) is 4.86. The number of hydrogen-bond donors (Lipinski definition) is 0. The van der Waals surface area contributed by atoms with Crippen LogP contribution in [0.4, 0.5) is 0 Å². The summed E-state index contributed by atoms with van der Waals surface area (Å²) in [6.45, 7) is 8.25. The van der Waals surface area contributed by atoms with Crippen molar-refractivity contribution in [2.45, 2.75) is 58.9 Å². The molecule has 0 aromatic heterocycles. The zero-order valence-corrected chi connectivity index (χ0v) is 8.76. The molecule has 0 radical (unpaired) electrons. The van der Waals surface area contributed by atoms with E-state index in [0.29, 0.717) is 0 Å². The zero-order chi connectivity index (χ0) is 9.61. The normalized spacial score (nSPS) is 14.3. The van der Waals surface area contributed by atoms with E-state index in [1.807, 2.05) is 13.8 Å². The second-order valence-corrected chi connectivity index (χ2v) is 4.31. The van der Waals surface area contributed by atoms with Gasteiger partial charge in [0.15, 0.2) is 0 Å². The SMILES string of the molecule is CCC(C)CCCC(C)(C)N=O. The summed E-state index contributed by atoms with van der Waals surface area (Å²) in [4.78, 5) is 10.3. The second kappa shape index (κ2) is 5.28. The van der Waals surface area contributed by atoms with Gasteiger partial charge in [0.1, 0.15) is 0 Å². The molecule has 0 bridgehead atoms. The summed E-state index contributed by atoms with van der Waals surface area (Å²) in [6, 6.07) is 0. The number of nitrogens with zero attached hydrogens (tertiary/aromatic N) is 1. The molecule has 1 unspecified atom stereocenters. The van der Waals surface area contributed by atoms with Gasteiger partial charge in [-0.05, 0) is 26.2 Å². The van der Waals surface area contributed by atoms with Gasteiger partial charge in [0.2, 0.25) is 0 Å². The van der Waals surface area contributed by atoms with Gasteiger partial charge >= 0.3 is 0 Å². The first-order chi connectivity index (χ1) is 5.52. The Morgan fingerprint density at radius 2 is 2.00 bits per heavy atom. The zero-order valence-electron chi connectivity index (χ0n) is 8.76. The first-order valence-corrected chi connectivity index (χ1v) is 4.86. The fourth-order valence-electron chi connectivity index (χ4n) is 1.13. The minimum Gasteiger partial charge on any atom is -0.150 e. The van der Waals surface area contributed by atoms with Crippen LogP contribution in [0.15, 0.2) is 5.18 Å². The summed E-state index contributed by atoms with van der Waals surface area (Å²) >= 11 is 0. The molecule has 0 saturated carbocycles. The van der Waals surface area contributed by atoms with Gasteiger partial charge in [-0.25, -0.2) is 0 Å². The highest BCUT2D eigenvalue weighted by molar-refractivity contribution is 4.76. The molecule has 1 atom stereocenters. The minimum absolute atomic E-state index is 0.354. The van der Waals surface area contributed by atoms with Gasteiger partial charge in [-0.3, -0.25) is 0 Å². The van der Waals surface area contributed by atoms with Crippen LogP contribution in [0.3, 0.4) is 0 Å². The largest absolute Gasteiger partial charge is 0.150 e. The molecular weight excluding hydrogens is 150 g/mol. The summed E-state index contributed by atoms with van der Waals surface area (Å²) in [5.41, 5.74) is -0.354. The molecule has 2 heteroatoms. The molecule has 2 nitrogen and oxygen atoms in total. The van der Waals surface area contributed by atoms with Crippen molar-refractivity contribution in [3.05, 3.63) is 4.91 Å². The van der Waals surface area contributed by atoms with Crippen molar-refractivity contribution in [1.29, 1.82) is 0 Å². The number of rotatable bonds is 6. The Bertz CT molecular complexity index is 132. The third-order valence-electron chi connectivity index (χ3n) is 2.43. The van der Waals surface area contributed by atoms with Crippen LogP contribution in [0.2, 0.25) is 0 Å². The third kappa shape index (κ3) is 5.28. The van der Waals surface area contributed by atoms with Crippen LogP contribution in [0, 0.1) is 10.8 Å². The van der Waals surface area contributed by atoms with E-state index in [0.717, 1.165) is 18.8 Å². The Hall–Kier alpha value is -0.400. The van der Waals surface area contributed by atoms with Gasteiger partial charge in [-0.15, -0.1) is 0 Å². The highest BCUT2D eigenvalue weighted by atomic mass is 16.3. The molecule has 0 aliphatic rings. The number of hydrogen-bond acceptors (Lipinski definition) is 2. The monoisotopic (exact) mass is 171 g/mol. The van der Waals surface area contributed by atoms with E-state index >= 15 is 0 Å². The number of nitroso groups, excluding NO2 is 1. The third-order valence-corrected chi connectivity index (χ3v) is 2.43. The maximum absolute atomic E-state index is 10.3. The van der Waals surface area contributed by atoms with Gasteiger partial charge in [0.05, 0.1) is 5.54 Å². The Balaban J connectivity index is 3.49. The molecule has 0 aliphatic carbocycles. The van der Waals surface area contributed by atoms with E-state index in [1.165, 1.54) is 12.8 Å². The van der Waals surface area contributed by atoms with Crippen LogP contribution in [0.5, 0.6) is 0 Å². The quantitative estimate of drug-likeness (QED) is 0.560. The molecule has 0 heterocycles. The van der Waals surface area contributed by atoms with E-state index in [2.05, 4.69) is 19.0 Å². The molecule has 0 aromatic carbocycles. The molecule has 0 fully saturated rings. The van der Waals surface area contributed by atoms with E-state index in [1.54, 1.807) is 0 Å². The summed E-state index contributed by atoms with van der Waals surface area (Å²) in [5, 5.41) is 3.09. The average molecular weight is 171 g/mol. The second-order valence-electron chi connectivity index (χ2n) is 4.31. The van der Waals surface area contributed by atoms with Crippen LogP contribution in [-0.4, -0.2) is 5.54 Å². The Labute approximate surface area is 75.7 Å². The van der Waals surface area contributed by atoms with Crippen LogP contribution >= 0.6 is 0 Å². The predicted molar refractivity (Wildman–Crippen MR) is 53.2 cm³/mol. The van der Waals surface area contributed by atoms with Gasteiger partial charge in [0, 0.05) is 0 Å². The molecule has 0 N–H and O–H groups in total. The van der Waals surface area contributed by atoms with E-state index in [9.17, 15) is 4.91 Å². The summed E-state index contributed by atoms with van der Waals surface area (Å²) in [6.07, 6.45) is 4.49. The van der Waals surface area contributed by atoms with Gasteiger partial charge in [-0.1, -0.05) is 38.3 Å². The maximum atomic E-state index is 10.3. The fraction of sp³-hybridized carbons (Fsp3) is 1.00. The fourth-order valence-corrected chi connectivity index (χ4v) is 1.13. The first kappa shape index (κ1) is 11.6. The highest BCUT2D eigenvalue weighted by Gasteiger charge is 2.17. The smallest absolute Gasteiger partial charge is 0.0970 e. The van der Waals surface area contributed by atoms with Gasteiger partial charge < -0.3 is 0 Å². The standard InChI is InChI=1S/C10H21NO/c1-5-9(2)7-6-8-10(3,4)11-12/h9H,5-8H2,1-4H3. The van der Waals surface area contributed by atoms with Crippen molar-refractivity contribution in [2.75, 3.05) is 0 Å². The Kier molecular flexibility index (Phi) is 5.11. The van der Waals surface area contributed by atoms with Crippen LogP contribution < -0.4 is 0 Å². The van der Waals surface area contributed by atoms with Crippen molar-refractivity contribution in [2.24, 2.45) is 11.1 Å². The van der Waals surface area contributed by atoms with Gasteiger partial charge in [0.25, 0.3) is 0 Å². The average Bonchev–Trinajstić information content (AvgIpc) is 2.04. The van der Waals surface area contributed by atoms with E-state index in [4.69, 9.17) is 0 Å². The molecule has 0 aliphatic heterocycles. The van der Waals surface area contributed by atoms with Crippen molar-refractivity contribution in [3.63, 3.8) is 0 Å². The lowest BCUT2D eigenvalue weighted by Gasteiger charge is -2.15. The van der Waals surface area contributed by atoms with Crippen LogP contribution in [-0.2, 0) is 0 Å². The minimum atomic E-state index is -0.354. The van der Waals surface area contributed by atoms with Crippen molar-refractivity contribution in [1.82, 2.24) is 0 Å². The topological polar surface area (TPSA) is 29.4 Å². The van der Waals surface area contributed by atoms with Crippen molar-refractivity contribution < 1.29 is 0 Å². The van der Waals surface area contributed by atoms with Crippen LogP contribution in [0.1, 0.15) is 53.4 Å². The molecule has 0 saturated heterocycles. The molecule has 0 amide bonds. The summed E-state index contributed by atoms with van der Waals surface area (Å²) in [7, 11) is 0. The Morgan fingerprint density at radius 1 is 1.42 bits per heavy atom. The Morgan fingerprint density at radius 3 is 2.42 bits per heavy atom. The molecule has 0 spiro atoms. The van der Waals surface area contributed by atoms with Gasteiger partial charge in [-0.2, -0.15) is 4.91 Å². The highest BCUT2D eigenvalue weighted by Crippen LogP contribution is 2.20. The predicted octanol–water partition coefficient (Wildman–Crippen LogP) is 3.75. The lowest BCUT2D eigenvalue weighted by Crippen LogP contribution is -2.15. The van der Waals surface area contributed by atoms with Crippen molar-refractivity contribution in [3.8, 4) is 0 Å². The summed E-state index contributed by atoms with van der Waals surface area (Å²) in [5.74, 6) is 0.785. The van der Waals surface area contributed by atoms with Crippen molar-refractivity contribution >= 4 is 0 Å². The molecular formula is C10H21NO. The maximum Gasteiger partial charge on any atom is 0.0970 e. The molecule has 72 valence electrons.